The first-order valence-corrected chi connectivity index (χ1v) is 4.33. The van der Waals surface area contributed by atoms with Crippen molar-refractivity contribution in [1.82, 2.24) is 0 Å². The minimum atomic E-state index is -1.45. The number of rotatable bonds is 2. The van der Waals surface area contributed by atoms with Gasteiger partial charge >= 0.3 is 0 Å². The standard InChI is InChI=1S/C10H12F3N/c1-5(2)10(14)6-3-7(11)9(13)8(12)4-6/h3-5,10H,14H2,1-2H3/t10-/m0/s1. The van der Waals surface area contributed by atoms with Gasteiger partial charge in [-0.25, -0.2) is 13.2 Å². The highest BCUT2D eigenvalue weighted by Gasteiger charge is 2.16. The molecule has 0 radical (unpaired) electrons. The van der Waals surface area contributed by atoms with E-state index in [1.54, 1.807) is 0 Å². The summed E-state index contributed by atoms with van der Waals surface area (Å²) in [6.45, 7) is 3.65. The lowest BCUT2D eigenvalue weighted by Gasteiger charge is -2.16. The van der Waals surface area contributed by atoms with Crippen LogP contribution in [0.1, 0.15) is 25.5 Å². The zero-order valence-electron chi connectivity index (χ0n) is 8.02. The Morgan fingerprint density at radius 3 is 1.86 bits per heavy atom. The summed E-state index contributed by atoms with van der Waals surface area (Å²) in [5, 5.41) is 0. The third-order valence-electron chi connectivity index (χ3n) is 2.11. The molecule has 0 bridgehead atoms. The minimum absolute atomic E-state index is 0.0410. The summed E-state index contributed by atoms with van der Waals surface area (Å²) in [5.41, 5.74) is 5.94. The molecule has 0 spiro atoms. The van der Waals surface area contributed by atoms with Crippen LogP contribution >= 0.6 is 0 Å². The van der Waals surface area contributed by atoms with Gasteiger partial charge in [0.25, 0.3) is 0 Å². The first kappa shape index (κ1) is 11.0. The van der Waals surface area contributed by atoms with Crippen molar-refractivity contribution in [3.8, 4) is 0 Å². The molecule has 1 nitrogen and oxygen atoms in total. The van der Waals surface area contributed by atoms with Gasteiger partial charge in [-0.15, -0.1) is 0 Å². The lowest BCUT2D eigenvalue weighted by molar-refractivity contribution is 0.437. The Morgan fingerprint density at radius 1 is 1.07 bits per heavy atom. The molecule has 4 heteroatoms. The average molecular weight is 203 g/mol. The molecule has 0 saturated heterocycles. The van der Waals surface area contributed by atoms with Crippen LogP contribution in [0.4, 0.5) is 13.2 Å². The summed E-state index contributed by atoms with van der Waals surface area (Å²) in [5.74, 6) is -3.81. The zero-order chi connectivity index (χ0) is 10.9. The molecule has 78 valence electrons. The second-order valence-electron chi connectivity index (χ2n) is 3.57. The Bertz CT molecular complexity index is 313. The van der Waals surface area contributed by atoms with E-state index in [4.69, 9.17) is 5.73 Å². The van der Waals surface area contributed by atoms with Crippen LogP contribution in [0.5, 0.6) is 0 Å². The van der Waals surface area contributed by atoms with Gasteiger partial charge in [-0.3, -0.25) is 0 Å². The van der Waals surface area contributed by atoms with Crippen LogP contribution < -0.4 is 5.73 Å². The van der Waals surface area contributed by atoms with Crippen LogP contribution in [0.2, 0.25) is 0 Å². The van der Waals surface area contributed by atoms with Gasteiger partial charge in [0.05, 0.1) is 0 Å². The molecule has 0 fully saturated rings. The average Bonchev–Trinajstić information content (AvgIpc) is 2.12. The van der Waals surface area contributed by atoms with E-state index < -0.39 is 23.5 Å². The van der Waals surface area contributed by atoms with E-state index in [1.165, 1.54) is 0 Å². The predicted molar refractivity (Wildman–Crippen MR) is 48.1 cm³/mol. The Morgan fingerprint density at radius 2 is 1.50 bits per heavy atom. The highest BCUT2D eigenvalue weighted by Crippen LogP contribution is 2.22. The smallest absolute Gasteiger partial charge is 0.194 e. The van der Waals surface area contributed by atoms with E-state index in [2.05, 4.69) is 0 Å². The maximum atomic E-state index is 12.8. The van der Waals surface area contributed by atoms with Gasteiger partial charge in [0.15, 0.2) is 17.5 Å². The van der Waals surface area contributed by atoms with E-state index >= 15 is 0 Å². The van der Waals surface area contributed by atoms with Gasteiger partial charge in [0.2, 0.25) is 0 Å². The lowest BCUT2D eigenvalue weighted by atomic mass is 9.97. The van der Waals surface area contributed by atoms with Crippen molar-refractivity contribution in [3.63, 3.8) is 0 Å². The fourth-order valence-corrected chi connectivity index (χ4v) is 1.15. The number of benzene rings is 1. The number of halogens is 3. The predicted octanol–water partition coefficient (Wildman–Crippen LogP) is 2.76. The molecule has 0 amide bonds. The minimum Gasteiger partial charge on any atom is -0.324 e. The van der Waals surface area contributed by atoms with Gasteiger partial charge in [-0.2, -0.15) is 0 Å². The number of nitrogens with two attached hydrogens (primary N) is 1. The van der Waals surface area contributed by atoms with E-state index in [0.29, 0.717) is 0 Å². The third-order valence-corrected chi connectivity index (χ3v) is 2.11. The second kappa shape index (κ2) is 4.00. The second-order valence-corrected chi connectivity index (χ2v) is 3.57. The maximum Gasteiger partial charge on any atom is 0.194 e. The first-order valence-electron chi connectivity index (χ1n) is 4.33. The Hall–Kier alpha value is -1.03. The number of hydrogen-bond donors (Lipinski definition) is 1. The molecule has 0 aliphatic carbocycles. The summed E-state index contributed by atoms with van der Waals surface area (Å²) >= 11 is 0. The van der Waals surface area contributed by atoms with Crippen LogP contribution in [0.25, 0.3) is 0 Å². The van der Waals surface area contributed by atoms with Crippen molar-refractivity contribution in [2.45, 2.75) is 19.9 Å². The summed E-state index contributed by atoms with van der Waals surface area (Å²) < 4.78 is 38.2. The topological polar surface area (TPSA) is 26.0 Å². The Balaban J connectivity index is 3.12. The molecule has 14 heavy (non-hydrogen) atoms. The van der Waals surface area contributed by atoms with Crippen molar-refractivity contribution in [2.24, 2.45) is 11.7 Å². The van der Waals surface area contributed by atoms with Crippen molar-refractivity contribution >= 4 is 0 Å². The molecule has 0 unspecified atom stereocenters. The van der Waals surface area contributed by atoms with Crippen molar-refractivity contribution in [1.29, 1.82) is 0 Å². The Labute approximate surface area is 80.7 Å². The van der Waals surface area contributed by atoms with Crippen LogP contribution in [0.3, 0.4) is 0 Å². The first-order chi connectivity index (χ1) is 6.43. The third kappa shape index (κ3) is 2.07. The zero-order valence-corrected chi connectivity index (χ0v) is 8.02. The van der Waals surface area contributed by atoms with Gasteiger partial charge in [-0.1, -0.05) is 13.8 Å². The maximum absolute atomic E-state index is 12.8. The molecule has 1 aromatic carbocycles. The highest BCUT2D eigenvalue weighted by atomic mass is 19.2. The van der Waals surface area contributed by atoms with Crippen molar-refractivity contribution in [3.05, 3.63) is 35.1 Å². The van der Waals surface area contributed by atoms with Gasteiger partial charge in [0, 0.05) is 6.04 Å². The Kier molecular flexibility index (Phi) is 3.16. The van der Waals surface area contributed by atoms with Crippen molar-refractivity contribution < 1.29 is 13.2 Å². The van der Waals surface area contributed by atoms with E-state index in [9.17, 15) is 13.2 Å². The molecular formula is C10H12F3N. The van der Waals surface area contributed by atoms with Gasteiger partial charge in [-0.05, 0) is 23.6 Å². The van der Waals surface area contributed by atoms with Crippen LogP contribution in [-0.2, 0) is 0 Å². The molecule has 0 aromatic heterocycles. The molecule has 1 atom stereocenters. The molecular weight excluding hydrogens is 191 g/mol. The van der Waals surface area contributed by atoms with Crippen molar-refractivity contribution in [2.75, 3.05) is 0 Å². The molecule has 0 aliphatic rings. The lowest BCUT2D eigenvalue weighted by Crippen LogP contribution is -2.17. The van der Waals surface area contributed by atoms with Gasteiger partial charge < -0.3 is 5.73 Å². The fourth-order valence-electron chi connectivity index (χ4n) is 1.15. The molecule has 0 saturated carbocycles. The molecule has 1 rings (SSSR count). The fraction of sp³-hybridized carbons (Fsp3) is 0.400. The number of hydrogen-bond acceptors (Lipinski definition) is 1. The summed E-state index contributed by atoms with van der Waals surface area (Å²) in [4.78, 5) is 0. The van der Waals surface area contributed by atoms with Crippen LogP contribution in [0, 0.1) is 23.4 Å². The normalized spacial score (nSPS) is 13.4. The largest absolute Gasteiger partial charge is 0.324 e. The van der Waals surface area contributed by atoms with E-state index in [-0.39, 0.29) is 11.5 Å². The van der Waals surface area contributed by atoms with Crippen LogP contribution in [0.15, 0.2) is 12.1 Å². The molecule has 2 N–H and O–H groups in total. The SMILES string of the molecule is CC(C)[C@H](N)c1cc(F)c(F)c(F)c1. The van der Waals surface area contributed by atoms with Crippen LogP contribution in [-0.4, -0.2) is 0 Å². The molecule has 0 aliphatic heterocycles. The quantitative estimate of drug-likeness (QED) is 0.735. The van der Waals surface area contributed by atoms with Gasteiger partial charge in [0.1, 0.15) is 0 Å². The monoisotopic (exact) mass is 203 g/mol. The summed E-state index contributed by atoms with van der Waals surface area (Å²) in [7, 11) is 0. The summed E-state index contributed by atoms with van der Waals surface area (Å²) in [6, 6.07) is 1.38. The highest BCUT2D eigenvalue weighted by molar-refractivity contribution is 5.22. The molecule has 1 aromatic rings. The summed E-state index contributed by atoms with van der Waals surface area (Å²) in [6.07, 6.45) is 0. The van der Waals surface area contributed by atoms with E-state index in [1.807, 2.05) is 13.8 Å². The van der Waals surface area contributed by atoms with E-state index in [0.717, 1.165) is 12.1 Å². The molecule has 0 heterocycles.